The molecule has 2 aromatic rings. The highest BCUT2D eigenvalue weighted by atomic mass is 16.5. The van der Waals surface area contributed by atoms with E-state index in [1.807, 2.05) is 0 Å². The number of rotatable bonds is 7. The first-order valence-corrected chi connectivity index (χ1v) is 10.7. The molecule has 1 fully saturated rings. The van der Waals surface area contributed by atoms with Crippen LogP contribution in [0.5, 0.6) is 5.75 Å². The lowest BCUT2D eigenvalue weighted by Gasteiger charge is -2.42. The van der Waals surface area contributed by atoms with Crippen molar-refractivity contribution < 1.29 is 24.3 Å². The Balaban J connectivity index is 1.61. The number of nitrogens with one attached hydrogen (secondary N) is 3. The fraction of sp³-hybridized carbons (Fsp3) is 0.391. The topological polar surface area (TPSA) is 95.3 Å². The number of carbonyl (C=O) groups is 2. The molecule has 0 aromatic heterocycles. The van der Waals surface area contributed by atoms with Crippen molar-refractivity contribution in [1.82, 2.24) is 5.32 Å². The smallest absolute Gasteiger partial charge is 0.329 e. The molecular weight excluding hydrogens is 396 g/mol. The summed E-state index contributed by atoms with van der Waals surface area (Å²) in [5.74, 6) is -0.116. The number of hydrogen-bond donors (Lipinski definition) is 4. The Labute approximate surface area is 181 Å². The third kappa shape index (κ3) is 4.08. The van der Waals surface area contributed by atoms with Crippen LogP contribution in [-0.2, 0) is 10.5 Å². The molecule has 0 radical (unpaired) electrons. The second-order valence-corrected chi connectivity index (χ2v) is 8.00. The van der Waals surface area contributed by atoms with E-state index in [1.54, 1.807) is 53.4 Å². The summed E-state index contributed by atoms with van der Waals surface area (Å²) < 4.78 is 5.26. The van der Waals surface area contributed by atoms with Gasteiger partial charge in [0.15, 0.2) is 0 Å². The van der Waals surface area contributed by atoms with Crippen molar-refractivity contribution >= 4 is 23.3 Å². The zero-order valence-electron chi connectivity index (χ0n) is 17.7. The number of ether oxygens (including phenoxy) is 1. The van der Waals surface area contributed by atoms with E-state index in [0.29, 0.717) is 29.2 Å². The van der Waals surface area contributed by atoms with Crippen molar-refractivity contribution in [2.24, 2.45) is 0 Å². The minimum Gasteiger partial charge on any atom is -0.497 e. The van der Waals surface area contributed by atoms with Crippen LogP contribution >= 0.6 is 0 Å². The summed E-state index contributed by atoms with van der Waals surface area (Å²) in [5.41, 5.74) is -1.11. The minimum absolute atomic E-state index is 0.320. The van der Waals surface area contributed by atoms with E-state index in [4.69, 9.17) is 4.74 Å². The predicted molar refractivity (Wildman–Crippen MR) is 117 cm³/mol. The summed E-state index contributed by atoms with van der Waals surface area (Å²) in [6, 6.07) is 12.9. The van der Waals surface area contributed by atoms with Gasteiger partial charge in [-0.25, -0.2) is 4.79 Å². The molecule has 2 heterocycles. The number of urea groups is 1. The van der Waals surface area contributed by atoms with Crippen molar-refractivity contribution in [3.63, 3.8) is 0 Å². The Hall–Kier alpha value is -3.10. The lowest BCUT2D eigenvalue weighted by Crippen LogP contribution is -3.10. The lowest BCUT2D eigenvalue weighted by molar-refractivity contribution is -0.887. The van der Waals surface area contributed by atoms with Crippen molar-refractivity contribution in [3.05, 3.63) is 54.1 Å². The maximum absolute atomic E-state index is 13.3. The van der Waals surface area contributed by atoms with Crippen LogP contribution in [0.25, 0.3) is 0 Å². The number of methoxy groups -OCH3 is 1. The van der Waals surface area contributed by atoms with Crippen LogP contribution < -0.4 is 25.2 Å². The van der Waals surface area contributed by atoms with Gasteiger partial charge < -0.3 is 25.4 Å². The van der Waals surface area contributed by atoms with Crippen molar-refractivity contribution in [3.8, 4) is 5.75 Å². The third-order valence-electron chi connectivity index (χ3n) is 6.00. The van der Waals surface area contributed by atoms with Gasteiger partial charge in [0.05, 0.1) is 38.1 Å². The highest BCUT2D eigenvalue weighted by Gasteiger charge is 2.51. The number of likely N-dealkylation sites (tertiary alicyclic amines) is 1. The molecule has 2 aromatic carbocycles. The predicted octanol–water partition coefficient (Wildman–Crippen LogP) is 1.08. The number of nitrogens with zero attached hydrogens (tertiary/aromatic N) is 1. The van der Waals surface area contributed by atoms with Crippen molar-refractivity contribution in [1.29, 1.82) is 0 Å². The molecular formula is C23H29N4O4+. The van der Waals surface area contributed by atoms with E-state index in [0.717, 1.165) is 17.9 Å². The molecule has 164 valence electrons. The monoisotopic (exact) mass is 425 g/mol. The second-order valence-electron chi connectivity index (χ2n) is 8.00. The van der Waals surface area contributed by atoms with Gasteiger partial charge in [-0.05, 0) is 18.2 Å². The van der Waals surface area contributed by atoms with Crippen LogP contribution in [0.4, 0.5) is 16.2 Å². The maximum atomic E-state index is 13.3. The summed E-state index contributed by atoms with van der Waals surface area (Å²) in [4.78, 5) is 29.0. The van der Waals surface area contributed by atoms with E-state index in [2.05, 4.69) is 10.6 Å². The number of anilines is 2. The molecule has 1 atom stereocenters. The van der Waals surface area contributed by atoms with E-state index in [9.17, 15) is 14.7 Å². The zero-order chi connectivity index (χ0) is 21.8. The Morgan fingerprint density at radius 1 is 1.23 bits per heavy atom. The number of benzene rings is 2. The molecule has 8 heteroatoms. The number of fused-ring (bicyclic) bond motifs is 1. The van der Waals surface area contributed by atoms with Crippen molar-refractivity contribution in [2.45, 2.75) is 25.0 Å². The van der Waals surface area contributed by atoms with Crippen LogP contribution in [0.15, 0.2) is 48.5 Å². The first-order valence-electron chi connectivity index (χ1n) is 10.7. The fourth-order valence-electron chi connectivity index (χ4n) is 4.40. The Morgan fingerprint density at radius 2 is 2.00 bits per heavy atom. The third-order valence-corrected chi connectivity index (χ3v) is 6.00. The largest absolute Gasteiger partial charge is 0.497 e. The summed E-state index contributed by atoms with van der Waals surface area (Å²) >= 11 is 0. The maximum Gasteiger partial charge on any atom is 0.329 e. The summed E-state index contributed by atoms with van der Waals surface area (Å²) in [6.45, 7) is 3.76. The normalized spacial score (nSPS) is 20.8. The van der Waals surface area contributed by atoms with E-state index < -0.39 is 17.7 Å². The SMILES string of the molecule is COc1cccc(N2C(=O)Nc3ccccc3C2(O)C(=O)NCCC[NH+]2CCCC2)c1. The van der Waals surface area contributed by atoms with Gasteiger partial charge in [0.1, 0.15) is 5.75 Å². The van der Waals surface area contributed by atoms with Crippen LogP contribution in [-0.4, -0.2) is 50.3 Å². The van der Waals surface area contributed by atoms with Crippen LogP contribution in [0, 0.1) is 0 Å². The van der Waals surface area contributed by atoms with Gasteiger partial charge in [0.25, 0.3) is 11.6 Å². The average molecular weight is 426 g/mol. The first kappa shape index (κ1) is 21.1. The quantitative estimate of drug-likeness (QED) is 0.499. The number of quaternary nitrogens is 1. The number of hydrogen-bond acceptors (Lipinski definition) is 4. The number of amides is 3. The van der Waals surface area contributed by atoms with E-state index in [1.165, 1.54) is 33.0 Å². The molecule has 0 aliphatic carbocycles. The Morgan fingerprint density at radius 3 is 2.77 bits per heavy atom. The van der Waals surface area contributed by atoms with Gasteiger partial charge in [0.2, 0.25) is 0 Å². The minimum atomic E-state index is -2.19. The van der Waals surface area contributed by atoms with Gasteiger partial charge in [-0.2, -0.15) is 0 Å². The zero-order valence-corrected chi connectivity index (χ0v) is 17.7. The molecule has 2 aliphatic heterocycles. The highest BCUT2D eigenvalue weighted by Crippen LogP contribution is 2.40. The van der Waals surface area contributed by atoms with Gasteiger partial charge in [-0.1, -0.05) is 24.3 Å². The molecule has 2 aliphatic rings. The van der Waals surface area contributed by atoms with Crippen LogP contribution in [0.2, 0.25) is 0 Å². The number of aliphatic hydroxyl groups is 1. The highest BCUT2D eigenvalue weighted by molar-refractivity contribution is 6.11. The Kier molecular flexibility index (Phi) is 6.11. The lowest BCUT2D eigenvalue weighted by atomic mass is 9.94. The van der Waals surface area contributed by atoms with Crippen molar-refractivity contribution in [2.75, 3.05) is 43.5 Å². The summed E-state index contributed by atoms with van der Waals surface area (Å²) in [5, 5.41) is 17.4. The van der Waals surface area contributed by atoms with Gasteiger partial charge in [0, 0.05) is 37.4 Å². The fourth-order valence-corrected chi connectivity index (χ4v) is 4.40. The molecule has 1 unspecified atom stereocenters. The molecule has 8 nitrogen and oxygen atoms in total. The number of carbonyl (C=O) groups excluding carboxylic acids is 2. The first-order chi connectivity index (χ1) is 15.0. The molecule has 1 saturated heterocycles. The van der Waals surface area contributed by atoms with E-state index in [-0.39, 0.29) is 0 Å². The Bertz CT molecular complexity index is 960. The molecule has 0 saturated carbocycles. The molecule has 0 bridgehead atoms. The van der Waals surface area contributed by atoms with Gasteiger partial charge in [-0.3, -0.25) is 9.69 Å². The molecule has 31 heavy (non-hydrogen) atoms. The molecule has 3 amide bonds. The summed E-state index contributed by atoms with van der Waals surface area (Å²) in [6.07, 6.45) is 3.32. The van der Waals surface area contributed by atoms with Crippen LogP contribution in [0.3, 0.4) is 0 Å². The standard InChI is InChI=1S/C23H28N4O4/c1-31-18-9-6-8-17(16-18)27-22(29)25-20-11-3-2-10-19(20)23(27,30)21(28)24-12-7-15-26-13-4-5-14-26/h2-3,6,8-11,16,30H,4-5,7,12-15H2,1H3,(H,24,28)(H,25,29)/p+1. The average Bonchev–Trinajstić information content (AvgIpc) is 3.30. The van der Waals surface area contributed by atoms with Gasteiger partial charge in [-0.15, -0.1) is 0 Å². The van der Waals surface area contributed by atoms with E-state index >= 15 is 0 Å². The molecule has 4 rings (SSSR count). The van der Waals surface area contributed by atoms with Crippen LogP contribution in [0.1, 0.15) is 24.8 Å². The summed E-state index contributed by atoms with van der Waals surface area (Å²) in [7, 11) is 1.52. The number of para-hydroxylation sites is 1. The second kappa shape index (κ2) is 8.95. The molecule has 0 spiro atoms. The molecule has 4 N–H and O–H groups in total. The van der Waals surface area contributed by atoms with Gasteiger partial charge >= 0.3 is 6.03 Å².